The predicted molar refractivity (Wildman–Crippen MR) is 70.5 cm³/mol. The van der Waals surface area contributed by atoms with E-state index in [0.29, 0.717) is 0 Å². The second kappa shape index (κ2) is 3.74. The van der Waals surface area contributed by atoms with Crippen LogP contribution in [0.1, 0.15) is 11.5 Å². The van der Waals surface area contributed by atoms with Crippen molar-refractivity contribution < 1.29 is 0 Å². The van der Waals surface area contributed by atoms with E-state index in [1.807, 2.05) is 13.1 Å². The average molecular weight is 222 g/mol. The molecular formula is C15H14N2. The van der Waals surface area contributed by atoms with Crippen LogP contribution in [0.25, 0.3) is 16.5 Å². The van der Waals surface area contributed by atoms with Gasteiger partial charge in [0.2, 0.25) is 0 Å². The third-order valence-corrected chi connectivity index (χ3v) is 3.12. The first-order chi connectivity index (χ1) is 8.27. The van der Waals surface area contributed by atoms with E-state index >= 15 is 0 Å². The van der Waals surface area contributed by atoms with Crippen LogP contribution in [0.4, 0.5) is 0 Å². The van der Waals surface area contributed by atoms with Gasteiger partial charge in [-0.2, -0.15) is 0 Å². The van der Waals surface area contributed by atoms with E-state index < -0.39 is 0 Å². The molecule has 0 aliphatic heterocycles. The van der Waals surface area contributed by atoms with Gasteiger partial charge < -0.3 is 4.57 Å². The molecule has 1 heterocycles. The second-order valence-corrected chi connectivity index (χ2v) is 4.28. The Kier molecular flexibility index (Phi) is 2.22. The highest BCUT2D eigenvalue weighted by atomic mass is 15.1. The van der Waals surface area contributed by atoms with Crippen LogP contribution in [0.3, 0.4) is 0 Å². The number of hydrogen-bond donors (Lipinski definition) is 0. The molecule has 0 fully saturated rings. The van der Waals surface area contributed by atoms with Gasteiger partial charge >= 0.3 is 0 Å². The molecular weight excluding hydrogens is 208 g/mol. The summed E-state index contributed by atoms with van der Waals surface area (Å²) in [5, 5.41) is 2.52. The molecule has 0 saturated carbocycles. The molecule has 0 spiro atoms. The quantitative estimate of drug-likeness (QED) is 0.614. The predicted octanol–water partition coefficient (Wildman–Crippen LogP) is 3.64. The van der Waals surface area contributed by atoms with Gasteiger partial charge in [-0.25, -0.2) is 4.98 Å². The molecule has 0 bridgehead atoms. The SMILES string of the molecule is Cc1cnc(C)n1-c1cccc2ccccc12. The van der Waals surface area contributed by atoms with Crippen LogP contribution >= 0.6 is 0 Å². The van der Waals surface area contributed by atoms with Gasteiger partial charge in [-0.3, -0.25) is 0 Å². The maximum atomic E-state index is 4.36. The van der Waals surface area contributed by atoms with E-state index in [0.717, 1.165) is 5.82 Å². The number of aromatic nitrogens is 2. The number of aryl methyl sites for hydroxylation is 2. The Hall–Kier alpha value is -2.09. The molecule has 1 aromatic heterocycles. The van der Waals surface area contributed by atoms with Crippen molar-refractivity contribution in [3.8, 4) is 5.69 Å². The van der Waals surface area contributed by atoms with Crippen LogP contribution in [0.5, 0.6) is 0 Å². The molecule has 3 rings (SSSR count). The van der Waals surface area contributed by atoms with Crippen molar-refractivity contribution in [2.45, 2.75) is 13.8 Å². The van der Waals surface area contributed by atoms with Gasteiger partial charge in [0.25, 0.3) is 0 Å². The molecule has 2 nitrogen and oxygen atoms in total. The van der Waals surface area contributed by atoms with Gasteiger partial charge in [-0.05, 0) is 25.3 Å². The highest BCUT2D eigenvalue weighted by Crippen LogP contribution is 2.24. The first-order valence-electron chi connectivity index (χ1n) is 5.76. The Morgan fingerprint density at radius 2 is 1.71 bits per heavy atom. The van der Waals surface area contributed by atoms with Crippen LogP contribution in [0, 0.1) is 13.8 Å². The highest BCUT2D eigenvalue weighted by Gasteiger charge is 2.07. The van der Waals surface area contributed by atoms with Gasteiger partial charge in [0, 0.05) is 17.3 Å². The van der Waals surface area contributed by atoms with Crippen LogP contribution in [-0.2, 0) is 0 Å². The lowest BCUT2D eigenvalue weighted by atomic mass is 10.1. The number of nitrogens with zero attached hydrogens (tertiary/aromatic N) is 2. The summed E-state index contributed by atoms with van der Waals surface area (Å²) in [6.45, 7) is 4.12. The summed E-state index contributed by atoms with van der Waals surface area (Å²) >= 11 is 0. The summed E-state index contributed by atoms with van der Waals surface area (Å²) in [6.07, 6.45) is 1.91. The summed E-state index contributed by atoms with van der Waals surface area (Å²) < 4.78 is 2.20. The standard InChI is InChI=1S/C15H14N2/c1-11-10-16-12(2)17(11)15-9-5-7-13-6-3-4-8-14(13)15/h3-10H,1-2H3. The van der Waals surface area contributed by atoms with Crippen LogP contribution in [0.2, 0.25) is 0 Å². The number of fused-ring (bicyclic) bond motifs is 1. The Morgan fingerprint density at radius 1 is 0.941 bits per heavy atom. The van der Waals surface area contributed by atoms with Crippen LogP contribution < -0.4 is 0 Å². The Morgan fingerprint density at radius 3 is 2.47 bits per heavy atom. The van der Waals surface area contributed by atoms with Crippen molar-refractivity contribution in [1.82, 2.24) is 9.55 Å². The average Bonchev–Trinajstić information content (AvgIpc) is 2.69. The van der Waals surface area contributed by atoms with Crippen LogP contribution in [0.15, 0.2) is 48.7 Å². The molecule has 84 valence electrons. The van der Waals surface area contributed by atoms with Gasteiger partial charge in [-0.1, -0.05) is 36.4 Å². The molecule has 0 amide bonds. The lowest BCUT2D eigenvalue weighted by molar-refractivity contribution is 0.948. The molecule has 0 radical (unpaired) electrons. The van der Waals surface area contributed by atoms with Crippen molar-refractivity contribution in [3.05, 3.63) is 60.2 Å². The smallest absolute Gasteiger partial charge is 0.110 e. The Labute approximate surface area is 101 Å². The molecule has 17 heavy (non-hydrogen) atoms. The fraction of sp³-hybridized carbons (Fsp3) is 0.133. The van der Waals surface area contributed by atoms with E-state index in [9.17, 15) is 0 Å². The largest absolute Gasteiger partial charge is 0.301 e. The molecule has 2 aromatic carbocycles. The van der Waals surface area contributed by atoms with Gasteiger partial charge in [0.05, 0.1) is 5.69 Å². The summed E-state index contributed by atoms with van der Waals surface area (Å²) in [5.74, 6) is 1.03. The van der Waals surface area contributed by atoms with Crippen LogP contribution in [-0.4, -0.2) is 9.55 Å². The molecule has 0 saturated heterocycles. The molecule has 0 unspecified atom stereocenters. The Balaban J connectivity index is 2.38. The number of hydrogen-bond acceptors (Lipinski definition) is 1. The molecule has 0 aliphatic carbocycles. The van der Waals surface area contributed by atoms with Crippen molar-refractivity contribution in [2.75, 3.05) is 0 Å². The first-order valence-corrected chi connectivity index (χ1v) is 5.76. The lowest BCUT2D eigenvalue weighted by Gasteiger charge is -2.11. The minimum atomic E-state index is 1.03. The van der Waals surface area contributed by atoms with E-state index in [-0.39, 0.29) is 0 Å². The molecule has 0 aliphatic rings. The van der Waals surface area contributed by atoms with Crippen molar-refractivity contribution in [3.63, 3.8) is 0 Å². The van der Waals surface area contributed by atoms with Gasteiger partial charge in [0.15, 0.2) is 0 Å². The summed E-state index contributed by atoms with van der Waals surface area (Å²) in [5.41, 5.74) is 2.37. The van der Waals surface area contributed by atoms with Crippen molar-refractivity contribution >= 4 is 10.8 Å². The maximum absolute atomic E-state index is 4.36. The maximum Gasteiger partial charge on any atom is 0.110 e. The van der Waals surface area contributed by atoms with Gasteiger partial charge in [0.1, 0.15) is 5.82 Å². The zero-order valence-corrected chi connectivity index (χ0v) is 10.0. The fourth-order valence-corrected chi connectivity index (χ4v) is 2.33. The topological polar surface area (TPSA) is 17.8 Å². The van der Waals surface area contributed by atoms with E-state index in [4.69, 9.17) is 0 Å². The molecule has 3 aromatic rings. The zero-order valence-electron chi connectivity index (χ0n) is 10.0. The third-order valence-electron chi connectivity index (χ3n) is 3.12. The normalized spacial score (nSPS) is 10.9. The van der Waals surface area contributed by atoms with E-state index in [1.165, 1.54) is 22.2 Å². The van der Waals surface area contributed by atoms with Crippen molar-refractivity contribution in [1.29, 1.82) is 0 Å². The monoisotopic (exact) mass is 222 g/mol. The zero-order chi connectivity index (χ0) is 11.8. The summed E-state index contributed by atoms with van der Waals surface area (Å²) in [7, 11) is 0. The molecule has 2 heteroatoms. The number of benzene rings is 2. The minimum absolute atomic E-state index is 1.03. The third kappa shape index (κ3) is 1.53. The number of rotatable bonds is 1. The Bertz CT molecular complexity index is 655. The van der Waals surface area contributed by atoms with Gasteiger partial charge in [-0.15, -0.1) is 0 Å². The second-order valence-electron chi connectivity index (χ2n) is 4.28. The van der Waals surface area contributed by atoms with E-state index in [1.54, 1.807) is 0 Å². The first kappa shape index (κ1) is 10.1. The minimum Gasteiger partial charge on any atom is -0.301 e. The van der Waals surface area contributed by atoms with E-state index in [2.05, 4.69) is 58.9 Å². The summed E-state index contributed by atoms with van der Waals surface area (Å²) in [4.78, 5) is 4.36. The molecule has 0 atom stereocenters. The lowest BCUT2D eigenvalue weighted by Crippen LogP contribution is -1.99. The van der Waals surface area contributed by atoms with Crippen molar-refractivity contribution in [2.24, 2.45) is 0 Å². The fourth-order valence-electron chi connectivity index (χ4n) is 2.33. The highest BCUT2D eigenvalue weighted by molar-refractivity contribution is 5.90. The summed E-state index contributed by atoms with van der Waals surface area (Å²) in [6, 6.07) is 14.8. The molecule has 0 N–H and O–H groups in total. The number of imidazole rings is 1.